The molecule has 1 saturated carbocycles. The predicted octanol–water partition coefficient (Wildman–Crippen LogP) is -0.403. The van der Waals surface area contributed by atoms with Crippen LogP contribution in [0.2, 0.25) is 0 Å². The van der Waals surface area contributed by atoms with Crippen LogP contribution in [0.1, 0.15) is 26.2 Å². The van der Waals surface area contributed by atoms with Crippen LogP contribution in [0.25, 0.3) is 0 Å². The van der Waals surface area contributed by atoms with E-state index in [9.17, 15) is 19.5 Å². The maximum atomic E-state index is 11.6. The van der Waals surface area contributed by atoms with Gasteiger partial charge in [-0.05, 0) is 19.8 Å². The highest BCUT2D eigenvalue weighted by Gasteiger charge is 2.45. The maximum absolute atomic E-state index is 11.6. The first-order valence-corrected chi connectivity index (χ1v) is 6.17. The fraction of sp³-hybridized carbons (Fsp3) is 0.727. The Hall–Kier alpha value is -1.99. The molecular weight excluding hydrogens is 252 g/mol. The van der Waals surface area contributed by atoms with Crippen molar-refractivity contribution in [2.75, 3.05) is 13.1 Å². The highest BCUT2D eigenvalue weighted by molar-refractivity contribution is 5.79. The number of nitrogens with one attached hydrogen (secondary N) is 3. The third kappa shape index (κ3) is 4.01. The second-order valence-corrected chi connectivity index (χ2v) is 4.86. The summed E-state index contributed by atoms with van der Waals surface area (Å²) in [6.07, 6.45) is 1.98. The molecule has 8 nitrogen and oxygen atoms in total. The number of hydrogen-bond donors (Lipinski definition) is 5. The first-order chi connectivity index (χ1) is 8.86. The van der Waals surface area contributed by atoms with Gasteiger partial charge in [0, 0.05) is 19.1 Å². The number of carboxylic acids is 1. The number of carboxylic acid groups (broad SMARTS) is 1. The lowest BCUT2D eigenvalue weighted by Gasteiger charge is -2.27. The highest BCUT2D eigenvalue weighted by atomic mass is 16.4. The molecule has 1 aliphatic carbocycles. The van der Waals surface area contributed by atoms with Crippen LogP contribution in [0.3, 0.4) is 0 Å². The van der Waals surface area contributed by atoms with Crippen molar-refractivity contribution in [3.63, 3.8) is 0 Å². The molecule has 0 spiro atoms. The Morgan fingerprint density at radius 2 is 1.95 bits per heavy atom. The highest BCUT2D eigenvalue weighted by Crippen LogP contribution is 2.38. The zero-order valence-corrected chi connectivity index (χ0v) is 10.9. The molecule has 2 atom stereocenters. The van der Waals surface area contributed by atoms with Gasteiger partial charge >= 0.3 is 18.0 Å². The van der Waals surface area contributed by atoms with Crippen molar-refractivity contribution < 1.29 is 19.5 Å². The molecular formula is C11H20N4O4. The van der Waals surface area contributed by atoms with Gasteiger partial charge in [-0.1, -0.05) is 6.42 Å². The summed E-state index contributed by atoms with van der Waals surface area (Å²) >= 11 is 0. The van der Waals surface area contributed by atoms with Crippen molar-refractivity contribution >= 4 is 18.0 Å². The summed E-state index contributed by atoms with van der Waals surface area (Å²) in [6, 6.07) is -1.48. The van der Waals surface area contributed by atoms with E-state index in [1.807, 2.05) is 0 Å². The average Bonchev–Trinajstić information content (AvgIpc) is 2.68. The molecule has 19 heavy (non-hydrogen) atoms. The molecule has 0 radical (unpaired) electrons. The van der Waals surface area contributed by atoms with E-state index in [-0.39, 0.29) is 19.1 Å². The van der Waals surface area contributed by atoms with Gasteiger partial charge in [0.25, 0.3) is 0 Å². The number of primary amides is 1. The standard InChI is InChI=1S/C11H20N4O4/c1-11(8(16)17)4-2-3-7(11)15-10(19)14-6-5-13-9(12)18/h7H,2-6H2,1H3,(H,16,17)(H3,12,13,18)(H2,14,15,19). The Labute approximate surface area is 111 Å². The van der Waals surface area contributed by atoms with E-state index in [1.165, 1.54) is 0 Å². The van der Waals surface area contributed by atoms with Gasteiger partial charge in [0.1, 0.15) is 0 Å². The molecule has 0 aromatic heterocycles. The zero-order chi connectivity index (χ0) is 14.5. The summed E-state index contributed by atoms with van der Waals surface area (Å²) < 4.78 is 0. The fourth-order valence-electron chi connectivity index (χ4n) is 2.22. The van der Waals surface area contributed by atoms with Crippen molar-refractivity contribution in [1.82, 2.24) is 16.0 Å². The molecule has 1 aliphatic rings. The number of aliphatic carboxylic acids is 1. The Bertz CT molecular complexity index is 374. The fourth-order valence-corrected chi connectivity index (χ4v) is 2.22. The van der Waals surface area contributed by atoms with Crippen molar-refractivity contribution in [2.24, 2.45) is 11.1 Å². The summed E-state index contributed by atoms with van der Waals surface area (Å²) in [5, 5.41) is 16.7. The molecule has 0 bridgehead atoms. The SMILES string of the molecule is CC1(C(=O)O)CCCC1NC(=O)NCCNC(N)=O. The first kappa shape index (κ1) is 15.1. The van der Waals surface area contributed by atoms with Gasteiger partial charge in [-0.2, -0.15) is 0 Å². The smallest absolute Gasteiger partial charge is 0.315 e. The van der Waals surface area contributed by atoms with Crippen molar-refractivity contribution in [2.45, 2.75) is 32.2 Å². The summed E-state index contributed by atoms with van der Waals surface area (Å²) in [5.41, 5.74) is 3.95. The normalized spacial score (nSPS) is 25.6. The lowest BCUT2D eigenvalue weighted by atomic mass is 9.85. The van der Waals surface area contributed by atoms with Gasteiger partial charge in [0.2, 0.25) is 0 Å². The minimum atomic E-state index is -0.914. The van der Waals surface area contributed by atoms with Crippen LogP contribution in [-0.2, 0) is 4.79 Å². The van der Waals surface area contributed by atoms with Crippen LogP contribution in [0.15, 0.2) is 0 Å². The van der Waals surface area contributed by atoms with Crippen molar-refractivity contribution in [1.29, 1.82) is 0 Å². The molecule has 8 heteroatoms. The molecule has 0 aromatic rings. The predicted molar refractivity (Wildman–Crippen MR) is 67.5 cm³/mol. The van der Waals surface area contributed by atoms with E-state index in [1.54, 1.807) is 6.92 Å². The number of hydrogen-bond acceptors (Lipinski definition) is 3. The van der Waals surface area contributed by atoms with Gasteiger partial charge in [-0.25, -0.2) is 9.59 Å². The lowest BCUT2D eigenvalue weighted by molar-refractivity contribution is -0.148. The molecule has 0 aromatic carbocycles. The lowest BCUT2D eigenvalue weighted by Crippen LogP contribution is -2.51. The van der Waals surface area contributed by atoms with Gasteiger partial charge in [-0.3, -0.25) is 4.79 Å². The molecule has 0 heterocycles. The second kappa shape index (κ2) is 6.26. The molecule has 2 unspecified atom stereocenters. The Balaban J connectivity index is 2.36. The number of amides is 4. The second-order valence-electron chi connectivity index (χ2n) is 4.86. The minimum Gasteiger partial charge on any atom is -0.481 e. The Morgan fingerprint density at radius 3 is 2.53 bits per heavy atom. The number of carbonyl (C=O) groups is 3. The van der Waals surface area contributed by atoms with Crippen LogP contribution in [0.5, 0.6) is 0 Å². The molecule has 0 aliphatic heterocycles. The van der Waals surface area contributed by atoms with Crippen LogP contribution in [0, 0.1) is 5.41 Å². The molecule has 0 saturated heterocycles. The van der Waals surface area contributed by atoms with Gasteiger partial charge in [0.05, 0.1) is 5.41 Å². The van der Waals surface area contributed by atoms with E-state index < -0.39 is 23.4 Å². The zero-order valence-electron chi connectivity index (χ0n) is 10.9. The molecule has 6 N–H and O–H groups in total. The largest absolute Gasteiger partial charge is 0.481 e. The van der Waals surface area contributed by atoms with Crippen LogP contribution in [-0.4, -0.2) is 42.3 Å². The summed E-state index contributed by atoms with van der Waals surface area (Å²) in [7, 11) is 0. The van der Waals surface area contributed by atoms with Crippen LogP contribution in [0.4, 0.5) is 9.59 Å². The molecule has 4 amide bonds. The minimum absolute atomic E-state index is 0.226. The van der Waals surface area contributed by atoms with E-state index in [2.05, 4.69) is 16.0 Å². The van der Waals surface area contributed by atoms with E-state index in [0.29, 0.717) is 12.8 Å². The Morgan fingerprint density at radius 1 is 1.32 bits per heavy atom. The number of urea groups is 2. The third-order valence-electron chi connectivity index (χ3n) is 3.46. The molecule has 108 valence electrons. The molecule has 1 rings (SSSR count). The number of nitrogens with two attached hydrogens (primary N) is 1. The van der Waals surface area contributed by atoms with E-state index >= 15 is 0 Å². The monoisotopic (exact) mass is 272 g/mol. The van der Waals surface area contributed by atoms with Gasteiger partial charge < -0.3 is 26.8 Å². The summed E-state index contributed by atoms with van der Waals surface area (Å²) in [4.78, 5) is 33.2. The average molecular weight is 272 g/mol. The third-order valence-corrected chi connectivity index (χ3v) is 3.46. The van der Waals surface area contributed by atoms with E-state index in [4.69, 9.17) is 5.73 Å². The van der Waals surface area contributed by atoms with Crippen LogP contribution >= 0.6 is 0 Å². The number of carbonyl (C=O) groups excluding carboxylic acids is 2. The van der Waals surface area contributed by atoms with Crippen molar-refractivity contribution in [3.05, 3.63) is 0 Å². The van der Waals surface area contributed by atoms with Crippen molar-refractivity contribution in [3.8, 4) is 0 Å². The summed E-state index contributed by atoms with van der Waals surface area (Å²) in [5.74, 6) is -0.898. The maximum Gasteiger partial charge on any atom is 0.315 e. The number of rotatable bonds is 5. The topological polar surface area (TPSA) is 134 Å². The van der Waals surface area contributed by atoms with Gasteiger partial charge in [-0.15, -0.1) is 0 Å². The van der Waals surface area contributed by atoms with Crippen LogP contribution < -0.4 is 21.7 Å². The van der Waals surface area contributed by atoms with Gasteiger partial charge in [0.15, 0.2) is 0 Å². The first-order valence-electron chi connectivity index (χ1n) is 6.17. The Kier molecular flexibility index (Phi) is 4.96. The quantitative estimate of drug-likeness (QED) is 0.435. The van der Waals surface area contributed by atoms with E-state index in [0.717, 1.165) is 6.42 Å². The summed E-state index contributed by atoms with van der Waals surface area (Å²) in [6.45, 7) is 2.09. The molecule has 1 fully saturated rings.